The Morgan fingerprint density at radius 2 is 1.93 bits per heavy atom. The lowest BCUT2D eigenvalue weighted by molar-refractivity contribution is -0.116. The average molecular weight is 399 g/mol. The van der Waals surface area contributed by atoms with E-state index in [1.54, 1.807) is 5.57 Å². The number of aliphatic hydroxyl groups is 1. The van der Waals surface area contributed by atoms with Crippen LogP contribution in [0.4, 0.5) is 0 Å². The highest BCUT2D eigenvalue weighted by Gasteiger charge is 2.59. The summed E-state index contributed by atoms with van der Waals surface area (Å²) >= 11 is 0. The molecule has 3 saturated carbocycles. The maximum atomic E-state index is 12.4. The Balaban J connectivity index is 1.53. The largest absolute Gasteiger partial charge is 0.393 e. The standard InChI is InChI=1S/C27H42O2/c1-17(2)14-21(29)15-18(3)23-8-9-24-22-7-6-19-16-20(28)10-12-26(19,4)25(22)11-13-27(23,24)5/h6,14,18,20,22-25,28H,7-13,15-16H2,1-5H3/t18-,20+,22-,23-,24-,25-,26+,27-/m1/s1. The molecule has 3 fully saturated rings. The van der Waals surface area contributed by atoms with Gasteiger partial charge in [0.25, 0.3) is 0 Å². The van der Waals surface area contributed by atoms with E-state index in [1.165, 1.54) is 38.5 Å². The van der Waals surface area contributed by atoms with E-state index in [2.05, 4.69) is 26.8 Å². The van der Waals surface area contributed by atoms with Gasteiger partial charge in [0.2, 0.25) is 0 Å². The summed E-state index contributed by atoms with van der Waals surface area (Å²) in [4.78, 5) is 12.4. The van der Waals surface area contributed by atoms with Crippen LogP contribution >= 0.6 is 0 Å². The van der Waals surface area contributed by atoms with Gasteiger partial charge in [-0.3, -0.25) is 4.79 Å². The zero-order valence-corrected chi connectivity index (χ0v) is 19.3. The number of allylic oxidation sites excluding steroid dienone is 3. The van der Waals surface area contributed by atoms with Crippen molar-refractivity contribution in [2.45, 2.75) is 98.5 Å². The van der Waals surface area contributed by atoms with Gasteiger partial charge in [-0.1, -0.05) is 38.0 Å². The summed E-state index contributed by atoms with van der Waals surface area (Å²) in [6, 6.07) is 0. The van der Waals surface area contributed by atoms with Gasteiger partial charge in [-0.2, -0.15) is 0 Å². The Hall–Kier alpha value is -0.890. The first kappa shape index (κ1) is 21.3. The van der Waals surface area contributed by atoms with E-state index in [-0.39, 0.29) is 6.10 Å². The number of aliphatic hydroxyl groups excluding tert-OH is 1. The fourth-order valence-electron chi connectivity index (χ4n) is 8.46. The van der Waals surface area contributed by atoms with Gasteiger partial charge in [0.1, 0.15) is 0 Å². The Morgan fingerprint density at radius 3 is 2.66 bits per heavy atom. The SMILES string of the molecule is CC(C)=CC(=O)C[C@@H](C)[C@H]1CC[C@@H]2[C@H]3CC=C4C[C@@H](O)CC[C@]4(C)[C@@H]3CC[C@@]21C. The van der Waals surface area contributed by atoms with Gasteiger partial charge < -0.3 is 5.11 Å². The highest BCUT2D eigenvalue weighted by Crippen LogP contribution is 2.67. The summed E-state index contributed by atoms with van der Waals surface area (Å²) in [5.74, 6) is 3.91. The van der Waals surface area contributed by atoms with Gasteiger partial charge in [0, 0.05) is 6.42 Å². The predicted octanol–water partition coefficient (Wildman–Crippen LogP) is 6.49. The van der Waals surface area contributed by atoms with Crippen LogP contribution in [-0.2, 0) is 4.79 Å². The summed E-state index contributed by atoms with van der Waals surface area (Å²) in [5.41, 5.74) is 3.42. The van der Waals surface area contributed by atoms with Gasteiger partial charge in [-0.05, 0) is 112 Å². The number of carbonyl (C=O) groups excluding carboxylic acids is 1. The first-order chi connectivity index (χ1) is 13.6. The fraction of sp³-hybridized carbons (Fsp3) is 0.815. The molecule has 0 aromatic rings. The zero-order valence-electron chi connectivity index (χ0n) is 19.3. The molecule has 4 aliphatic carbocycles. The quantitative estimate of drug-likeness (QED) is 0.434. The second-order valence-electron chi connectivity index (χ2n) is 11.8. The molecule has 0 heterocycles. The molecule has 29 heavy (non-hydrogen) atoms. The van der Waals surface area contributed by atoms with E-state index in [4.69, 9.17) is 0 Å². The highest BCUT2D eigenvalue weighted by atomic mass is 16.3. The Bertz CT molecular complexity index is 714. The molecule has 0 spiro atoms. The van der Waals surface area contributed by atoms with Crippen LogP contribution < -0.4 is 0 Å². The monoisotopic (exact) mass is 398 g/mol. The van der Waals surface area contributed by atoms with Crippen LogP contribution in [0.25, 0.3) is 0 Å². The average Bonchev–Trinajstić information content (AvgIpc) is 2.99. The number of hydrogen-bond donors (Lipinski definition) is 1. The van der Waals surface area contributed by atoms with Crippen molar-refractivity contribution in [3.63, 3.8) is 0 Å². The van der Waals surface area contributed by atoms with E-state index >= 15 is 0 Å². The van der Waals surface area contributed by atoms with Gasteiger partial charge in [0.05, 0.1) is 6.10 Å². The summed E-state index contributed by atoms with van der Waals surface area (Å²) in [6.45, 7) is 11.5. The van der Waals surface area contributed by atoms with E-state index in [0.29, 0.717) is 34.9 Å². The number of fused-ring (bicyclic) bond motifs is 5. The minimum absolute atomic E-state index is 0.116. The molecule has 0 aromatic heterocycles. The van der Waals surface area contributed by atoms with Crippen LogP contribution in [0.2, 0.25) is 0 Å². The summed E-state index contributed by atoms with van der Waals surface area (Å²) in [7, 11) is 0. The van der Waals surface area contributed by atoms with Crippen LogP contribution in [-0.4, -0.2) is 17.0 Å². The van der Waals surface area contributed by atoms with E-state index < -0.39 is 0 Å². The van der Waals surface area contributed by atoms with Crippen LogP contribution in [0.3, 0.4) is 0 Å². The lowest BCUT2D eigenvalue weighted by Gasteiger charge is -2.58. The first-order valence-electron chi connectivity index (χ1n) is 12.2. The molecular formula is C27H42O2. The minimum atomic E-state index is -0.116. The third-order valence-corrected chi connectivity index (χ3v) is 9.81. The lowest BCUT2D eigenvalue weighted by Crippen LogP contribution is -2.50. The summed E-state index contributed by atoms with van der Waals surface area (Å²) in [5, 5.41) is 10.2. The maximum Gasteiger partial charge on any atom is 0.155 e. The number of ketones is 1. The molecule has 0 aliphatic heterocycles. The molecule has 8 atom stereocenters. The lowest BCUT2D eigenvalue weighted by atomic mass is 9.47. The van der Waals surface area contributed by atoms with Crippen LogP contribution in [0.5, 0.6) is 0 Å². The van der Waals surface area contributed by atoms with Crippen molar-refractivity contribution in [3.8, 4) is 0 Å². The van der Waals surface area contributed by atoms with Crippen molar-refractivity contribution in [3.05, 3.63) is 23.3 Å². The minimum Gasteiger partial charge on any atom is -0.393 e. The number of carbonyl (C=O) groups is 1. The molecule has 0 unspecified atom stereocenters. The topological polar surface area (TPSA) is 37.3 Å². The molecule has 0 bridgehead atoms. The second kappa shape index (κ2) is 7.66. The third kappa shape index (κ3) is 3.58. The molecule has 0 radical (unpaired) electrons. The first-order valence-corrected chi connectivity index (χ1v) is 12.2. The molecule has 0 aromatic carbocycles. The normalized spacial score (nSPS) is 44.8. The van der Waals surface area contributed by atoms with Crippen LogP contribution in [0, 0.1) is 40.4 Å². The van der Waals surface area contributed by atoms with E-state index in [1.807, 2.05) is 19.9 Å². The van der Waals surface area contributed by atoms with Gasteiger partial charge >= 0.3 is 0 Å². The zero-order chi connectivity index (χ0) is 21.0. The van der Waals surface area contributed by atoms with Crippen molar-refractivity contribution in [2.75, 3.05) is 0 Å². The molecule has 0 amide bonds. The molecular weight excluding hydrogens is 356 g/mol. The molecule has 0 saturated heterocycles. The molecule has 4 rings (SSSR count). The van der Waals surface area contributed by atoms with Crippen molar-refractivity contribution >= 4 is 5.78 Å². The summed E-state index contributed by atoms with van der Waals surface area (Å²) < 4.78 is 0. The second-order valence-corrected chi connectivity index (χ2v) is 11.8. The van der Waals surface area contributed by atoms with Gasteiger partial charge in [-0.25, -0.2) is 0 Å². The number of hydrogen-bond acceptors (Lipinski definition) is 2. The van der Waals surface area contributed by atoms with Crippen LogP contribution in [0.1, 0.15) is 92.4 Å². The molecule has 2 nitrogen and oxygen atoms in total. The predicted molar refractivity (Wildman–Crippen MR) is 119 cm³/mol. The highest BCUT2D eigenvalue weighted by molar-refractivity contribution is 5.90. The Labute approximate surface area is 178 Å². The third-order valence-electron chi connectivity index (χ3n) is 9.81. The Kier molecular flexibility index (Phi) is 5.64. The molecule has 162 valence electrons. The van der Waals surface area contributed by atoms with Crippen molar-refractivity contribution in [1.82, 2.24) is 0 Å². The number of rotatable bonds is 4. The summed E-state index contributed by atoms with van der Waals surface area (Å²) in [6.07, 6.45) is 14.6. The molecule has 2 heteroatoms. The molecule has 1 N–H and O–H groups in total. The Morgan fingerprint density at radius 1 is 1.17 bits per heavy atom. The van der Waals surface area contributed by atoms with Crippen LogP contribution in [0.15, 0.2) is 23.3 Å². The fourth-order valence-corrected chi connectivity index (χ4v) is 8.46. The molecule has 4 aliphatic rings. The smallest absolute Gasteiger partial charge is 0.155 e. The van der Waals surface area contributed by atoms with Gasteiger partial charge in [0.15, 0.2) is 5.78 Å². The van der Waals surface area contributed by atoms with Gasteiger partial charge in [-0.15, -0.1) is 0 Å². The van der Waals surface area contributed by atoms with Crippen molar-refractivity contribution < 1.29 is 9.90 Å². The van der Waals surface area contributed by atoms with Crippen molar-refractivity contribution in [1.29, 1.82) is 0 Å². The van der Waals surface area contributed by atoms with E-state index in [0.717, 1.165) is 36.2 Å². The van der Waals surface area contributed by atoms with Crippen molar-refractivity contribution in [2.24, 2.45) is 40.4 Å². The van der Waals surface area contributed by atoms with E-state index in [9.17, 15) is 9.90 Å². The maximum absolute atomic E-state index is 12.4.